The van der Waals surface area contributed by atoms with Crippen molar-refractivity contribution in [1.82, 2.24) is 5.43 Å². The summed E-state index contributed by atoms with van der Waals surface area (Å²) in [5.74, 6) is 0.694. The van der Waals surface area contributed by atoms with E-state index in [-0.39, 0.29) is 12.2 Å². The Morgan fingerprint density at radius 2 is 2.09 bits per heavy atom. The molecule has 2 N–H and O–H groups in total. The van der Waals surface area contributed by atoms with Crippen molar-refractivity contribution in [2.75, 3.05) is 11.9 Å². The molecular weight excluding hydrogens is 311 g/mol. The van der Waals surface area contributed by atoms with E-state index in [9.17, 15) is 18.0 Å². The fourth-order valence-electron chi connectivity index (χ4n) is 1.72. The maximum Gasteiger partial charge on any atom is 0.416 e. The summed E-state index contributed by atoms with van der Waals surface area (Å²) in [6.45, 7) is 1.56. The SMILES string of the molecule is Cc1ccc(/C=N/NC(=O)CNc2cccc(C(F)(F)F)c2)o1. The van der Waals surface area contributed by atoms with Gasteiger partial charge in [-0.25, -0.2) is 5.43 Å². The number of anilines is 1. The van der Waals surface area contributed by atoms with E-state index in [0.29, 0.717) is 11.5 Å². The van der Waals surface area contributed by atoms with Gasteiger partial charge in [-0.3, -0.25) is 4.79 Å². The van der Waals surface area contributed by atoms with Gasteiger partial charge in [-0.2, -0.15) is 18.3 Å². The minimum atomic E-state index is -4.43. The summed E-state index contributed by atoms with van der Waals surface area (Å²) < 4.78 is 42.9. The van der Waals surface area contributed by atoms with Gasteiger partial charge in [-0.15, -0.1) is 0 Å². The third kappa shape index (κ3) is 5.17. The molecule has 2 aromatic rings. The van der Waals surface area contributed by atoms with Gasteiger partial charge >= 0.3 is 6.18 Å². The number of aryl methyl sites for hydroxylation is 1. The first kappa shape index (κ1) is 16.6. The van der Waals surface area contributed by atoms with Crippen molar-refractivity contribution in [3.8, 4) is 0 Å². The number of amides is 1. The summed E-state index contributed by atoms with van der Waals surface area (Å²) in [6, 6.07) is 8.03. The van der Waals surface area contributed by atoms with Crippen molar-refractivity contribution in [3.63, 3.8) is 0 Å². The van der Waals surface area contributed by atoms with E-state index < -0.39 is 17.6 Å². The highest BCUT2D eigenvalue weighted by molar-refractivity contribution is 5.83. The number of nitrogens with one attached hydrogen (secondary N) is 2. The Morgan fingerprint density at radius 1 is 1.30 bits per heavy atom. The molecule has 1 amide bonds. The van der Waals surface area contributed by atoms with Gasteiger partial charge in [0.25, 0.3) is 5.91 Å². The Kier molecular flexibility index (Phi) is 5.05. The van der Waals surface area contributed by atoms with Gasteiger partial charge in [0.2, 0.25) is 0 Å². The average Bonchev–Trinajstić information content (AvgIpc) is 2.90. The van der Waals surface area contributed by atoms with Crippen LogP contribution in [-0.2, 0) is 11.0 Å². The second kappa shape index (κ2) is 6.99. The second-order valence-corrected chi connectivity index (χ2v) is 4.67. The number of rotatable bonds is 5. The van der Waals surface area contributed by atoms with Crippen LogP contribution >= 0.6 is 0 Å². The molecule has 5 nitrogen and oxygen atoms in total. The van der Waals surface area contributed by atoms with Crippen molar-refractivity contribution in [2.24, 2.45) is 5.10 Å². The minimum Gasteiger partial charge on any atom is -0.460 e. The number of hydrogen-bond acceptors (Lipinski definition) is 4. The normalized spacial score (nSPS) is 11.7. The van der Waals surface area contributed by atoms with Crippen LogP contribution in [0.4, 0.5) is 18.9 Å². The summed E-state index contributed by atoms with van der Waals surface area (Å²) in [5, 5.41) is 6.29. The van der Waals surface area contributed by atoms with Gasteiger partial charge in [0, 0.05) is 5.69 Å². The molecular formula is C15H14F3N3O2. The summed E-state index contributed by atoms with van der Waals surface area (Å²) in [6.07, 6.45) is -3.10. The van der Waals surface area contributed by atoms with Gasteiger partial charge in [-0.05, 0) is 37.3 Å². The molecule has 0 radical (unpaired) electrons. The first-order chi connectivity index (χ1) is 10.8. The molecule has 0 aliphatic carbocycles. The number of furan rings is 1. The van der Waals surface area contributed by atoms with Gasteiger partial charge in [0.1, 0.15) is 11.5 Å². The molecule has 0 atom stereocenters. The third-order valence-corrected chi connectivity index (χ3v) is 2.79. The monoisotopic (exact) mass is 325 g/mol. The van der Waals surface area contributed by atoms with E-state index in [1.165, 1.54) is 18.3 Å². The van der Waals surface area contributed by atoms with Crippen molar-refractivity contribution in [1.29, 1.82) is 0 Å². The maximum absolute atomic E-state index is 12.6. The number of hydrogen-bond donors (Lipinski definition) is 2. The number of nitrogens with zero attached hydrogens (tertiary/aromatic N) is 1. The topological polar surface area (TPSA) is 66.6 Å². The predicted octanol–water partition coefficient (Wildman–Crippen LogP) is 3.17. The average molecular weight is 325 g/mol. The highest BCUT2D eigenvalue weighted by Gasteiger charge is 2.30. The van der Waals surface area contributed by atoms with E-state index in [4.69, 9.17) is 4.42 Å². The van der Waals surface area contributed by atoms with Crippen LogP contribution in [0, 0.1) is 6.92 Å². The molecule has 0 saturated carbocycles. The zero-order valence-corrected chi connectivity index (χ0v) is 12.1. The van der Waals surface area contributed by atoms with Crippen LogP contribution in [0.5, 0.6) is 0 Å². The molecule has 1 aromatic heterocycles. The molecule has 23 heavy (non-hydrogen) atoms. The molecule has 0 saturated heterocycles. The Balaban J connectivity index is 1.83. The highest BCUT2D eigenvalue weighted by Crippen LogP contribution is 2.30. The predicted molar refractivity (Wildman–Crippen MR) is 79.1 cm³/mol. The van der Waals surface area contributed by atoms with Gasteiger partial charge < -0.3 is 9.73 Å². The van der Waals surface area contributed by atoms with E-state index in [1.54, 1.807) is 19.1 Å². The van der Waals surface area contributed by atoms with Gasteiger partial charge in [-0.1, -0.05) is 6.07 Å². The standard InChI is InChI=1S/C15H14F3N3O2/c1-10-5-6-13(23-10)8-20-21-14(22)9-19-12-4-2-3-11(7-12)15(16,17)18/h2-8,19H,9H2,1H3,(H,21,22)/b20-8+. The quantitative estimate of drug-likeness (QED) is 0.655. The Bertz CT molecular complexity index is 708. The van der Waals surface area contributed by atoms with Crippen LogP contribution in [0.25, 0.3) is 0 Å². The van der Waals surface area contributed by atoms with Crippen molar-refractivity contribution in [2.45, 2.75) is 13.1 Å². The van der Waals surface area contributed by atoms with Gasteiger partial charge in [0.05, 0.1) is 18.3 Å². The summed E-state index contributed by atoms with van der Waals surface area (Å²) in [5.41, 5.74) is 1.65. The van der Waals surface area contributed by atoms with E-state index in [2.05, 4.69) is 15.8 Å². The van der Waals surface area contributed by atoms with E-state index in [1.807, 2.05) is 0 Å². The van der Waals surface area contributed by atoms with Crippen LogP contribution in [0.3, 0.4) is 0 Å². The molecule has 1 heterocycles. The van der Waals surface area contributed by atoms with E-state index in [0.717, 1.165) is 12.1 Å². The van der Waals surface area contributed by atoms with Crippen LogP contribution in [0.1, 0.15) is 17.1 Å². The van der Waals surface area contributed by atoms with Crippen molar-refractivity contribution >= 4 is 17.8 Å². The van der Waals surface area contributed by atoms with E-state index >= 15 is 0 Å². The number of benzene rings is 1. The van der Waals surface area contributed by atoms with Crippen LogP contribution < -0.4 is 10.7 Å². The largest absolute Gasteiger partial charge is 0.460 e. The molecule has 8 heteroatoms. The number of carbonyl (C=O) groups excluding carboxylic acids is 1. The lowest BCUT2D eigenvalue weighted by Crippen LogP contribution is -2.26. The van der Waals surface area contributed by atoms with Crippen molar-refractivity contribution in [3.05, 3.63) is 53.5 Å². The first-order valence-electron chi connectivity index (χ1n) is 6.64. The molecule has 0 fully saturated rings. The minimum absolute atomic E-state index is 0.195. The Hall–Kier alpha value is -2.77. The van der Waals surface area contributed by atoms with Crippen LogP contribution in [-0.4, -0.2) is 18.7 Å². The zero-order chi connectivity index (χ0) is 16.9. The molecule has 0 bridgehead atoms. The Morgan fingerprint density at radius 3 is 2.74 bits per heavy atom. The lowest BCUT2D eigenvalue weighted by Gasteiger charge is -2.09. The first-order valence-corrected chi connectivity index (χ1v) is 6.64. The zero-order valence-electron chi connectivity index (χ0n) is 12.1. The number of alkyl halides is 3. The number of hydrazone groups is 1. The number of halogens is 3. The smallest absolute Gasteiger partial charge is 0.416 e. The molecule has 0 spiro atoms. The Labute approximate surface area is 130 Å². The lowest BCUT2D eigenvalue weighted by atomic mass is 10.2. The molecule has 122 valence electrons. The fraction of sp³-hybridized carbons (Fsp3) is 0.200. The van der Waals surface area contributed by atoms with Gasteiger partial charge in [0.15, 0.2) is 0 Å². The summed E-state index contributed by atoms with van der Waals surface area (Å²) in [4.78, 5) is 11.6. The van der Waals surface area contributed by atoms with Crippen molar-refractivity contribution < 1.29 is 22.4 Å². The lowest BCUT2D eigenvalue weighted by molar-refractivity contribution is -0.137. The summed E-state index contributed by atoms with van der Waals surface area (Å²) >= 11 is 0. The molecule has 0 aliphatic heterocycles. The fourth-order valence-corrected chi connectivity index (χ4v) is 1.72. The maximum atomic E-state index is 12.6. The third-order valence-electron chi connectivity index (χ3n) is 2.79. The summed E-state index contributed by atoms with van der Waals surface area (Å²) in [7, 11) is 0. The molecule has 1 aromatic carbocycles. The highest BCUT2D eigenvalue weighted by atomic mass is 19.4. The second-order valence-electron chi connectivity index (χ2n) is 4.67. The molecule has 0 unspecified atom stereocenters. The molecule has 0 aliphatic rings. The molecule has 2 rings (SSSR count). The van der Waals surface area contributed by atoms with Crippen LogP contribution in [0.15, 0.2) is 45.9 Å². The number of carbonyl (C=O) groups is 1. The van der Waals surface area contributed by atoms with Crippen LogP contribution in [0.2, 0.25) is 0 Å².